The van der Waals surface area contributed by atoms with Crippen molar-refractivity contribution in [2.45, 2.75) is 5.92 Å². The van der Waals surface area contributed by atoms with E-state index in [0.29, 0.717) is 5.56 Å². The Morgan fingerprint density at radius 3 is 2.34 bits per heavy atom. The molecule has 0 aromatic heterocycles. The van der Waals surface area contributed by atoms with Gasteiger partial charge in [-0.1, -0.05) is 60.4 Å². The molecular formula is C24H20N2O3. The molecule has 0 fully saturated rings. The molecule has 1 aliphatic carbocycles. The number of phenolic OH excluding ortho intramolecular Hbond substituents is 1. The predicted octanol–water partition coefficient (Wildman–Crippen LogP) is 3.86. The second-order valence-corrected chi connectivity index (χ2v) is 6.75. The number of hydrogen-bond acceptors (Lipinski definition) is 4. The predicted molar refractivity (Wildman–Crippen MR) is 112 cm³/mol. The summed E-state index contributed by atoms with van der Waals surface area (Å²) in [6.45, 7) is 0.416. The number of nitrogen functional groups attached to an aromatic ring is 1. The molecule has 3 aromatic carbocycles. The van der Waals surface area contributed by atoms with Crippen LogP contribution in [0.5, 0.6) is 5.75 Å². The third kappa shape index (κ3) is 3.87. The lowest BCUT2D eigenvalue weighted by molar-refractivity contribution is 0.144. The number of nitrogens with two attached hydrogens (primary N) is 1. The molecule has 0 unspecified atom stereocenters. The molecular weight excluding hydrogens is 364 g/mol. The smallest absolute Gasteiger partial charge is 0.407 e. The molecule has 0 spiro atoms. The zero-order valence-corrected chi connectivity index (χ0v) is 15.7. The molecule has 4 rings (SSSR count). The zero-order valence-electron chi connectivity index (χ0n) is 15.7. The highest BCUT2D eigenvalue weighted by atomic mass is 16.5. The lowest BCUT2D eigenvalue weighted by Gasteiger charge is -2.14. The Bertz CT molecular complexity index is 1080. The number of carbonyl (C=O) groups is 1. The van der Waals surface area contributed by atoms with Crippen molar-refractivity contribution >= 4 is 11.8 Å². The van der Waals surface area contributed by atoms with Crippen LogP contribution in [-0.2, 0) is 4.74 Å². The van der Waals surface area contributed by atoms with E-state index in [-0.39, 0.29) is 30.5 Å². The first-order valence-corrected chi connectivity index (χ1v) is 9.29. The minimum Gasteiger partial charge on any atom is -0.506 e. The van der Waals surface area contributed by atoms with Crippen molar-refractivity contribution in [3.05, 3.63) is 83.4 Å². The summed E-state index contributed by atoms with van der Waals surface area (Å²) in [5.74, 6) is 5.77. The van der Waals surface area contributed by atoms with Crippen LogP contribution in [0.1, 0.15) is 22.6 Å². The van der Waals surface area contributed by atoms with E-state index in [1.165, 1.54) is 28.3 Å². The van der Waals surface area contributed by atoms with Gasteiger partial charge in [0.1, 0.15) is 12.4 Å². The van der Waals surface area contributed by atoms with Crippen LogP contribution in [0.2, 0.25) is 0 Å². The topological polar surface area (TPSA) is 84.6 Å². The van der Waals surface area contributed by atoms with Gasteiger partial charge in [-0.2, -0.15) is 0 Å². The van der Waals surface area contributed by atoms with Crippen molar-refractivity contribution in [2.24, 2.45) is 0 Å². The summed E-state index contributed by atoms with van der Waals surface area (Å²) in [6, 6.07) is 21.1. The third-order valence-corrected chi connectivity index (χ3v) is 4.93. The fourth-order valence-corrected chi connectivity index (χ4v) is 3.54. The number of rotatable bonds is 3. The Kier molecular flexibility index (Phi) is 5.08. The number of phenols is 1. The van der Waals surface area contributed by atoms with E-state index < -0.39 is 6.09 Å². The van der Waals surface area contributed by atoms with Crippen LogP contribution in [-0.4, -0.2) is 24.4 Å². The fraction of sp³-hybridized carbons (Fsp3) is 0.125. The van der Waals surface area contributed by atoms with Crippen molar-refractivity contribution in [2.75, 3.05) is 18.9 Å². The lowest BCUT2D eigenvalue weighted by Crippen LogP contribution is -2.26. The number of amides is 1. The number of hydrogen-bond donors (Lipinski definition) is 3. The van der Waals surface area contributed by atoms with Gasteiger partial charge < -0.3 is 20.9 Å². The number of benzene rings is 3. The van der Waals surface area contributed by atoms with Gasteiger partial charge in [0.25, 0.3) is 0 Å². The quantitative estimate of drug-likeness (QED) is 0.364. The number of anilines is 1. The van der Waals surface area contributed by atoms with Crippen LogP contribution < -0.4 is 11.1 Å². The van der Waals surface area contributed by atoms with Gasteiger partial charge in [-0.25, -0.2) is 4.79 Å². The van der Waals surface area contributed by atoms with Gasteiger partial charge in [-0.15, -0.1) is 0 Å². The molecule has 0 saturated carbocycles. The highest BCUT2D eigenvalue weighted by molar-refractivity contribution is 5.79. The van der Waals surface area contributed by atoms with Crippen LogP contribution in [0.3, 0.4) is 0 Å². The van der Waals surface area contributed by atoms with Gasteiger partial charge in [0.05, 0.1) is 12.2 Å². The highest BCUT2D eigenvalue weighted by Gasteiger charge is 2.28. The largest absolute Gasteiger partial charge is 0.506 e. The molecule has 29 heavy (non-hydrogen) atoms. The molecule has 4 N–H and O–H groups in total. The molecule has 5 nitrogen and oxygen atoms in total. The van der Waals surface area contributed by atoms with Gasteiger partial charge in [-0.3, -0.25) is 0 Å². The first-order chi connectivity index (χ1) is 14.1. The second kappa shape index (κ2) is 7.99. The van der Waals surface area contributed by atoms with E-state index in [2.05, 4.69) is 41.4 Å². The number of alkyl carbamates (subject to hydrolysis) is 1. The van der Waals surface area contributed by atoms with Gasteiger partial charge in [0, 0.05) is 11.5 Å². The monoisotopic (exact) mass is 384 g/mol. The third-order valence-electron chi connectivity index (χ3n) is 4.93. The number of nitrogens with one attached hydrogen (secondary N) is 1. The first-order valence-electron chi connectivity index (χ1n) is 9.29. The molecule has 5 heteroatoms. The summed E-state index contributed by atoms with van der Waals surface area (Å²) in [7, 11) is 0. The van der Waals surface area contributed by atoms with Crippen LogP contribution in [0.25, 0.3) is 11.1 Å². The van der Waals surface area contributed by atoms with E-state index in [0.717, 1.165) is 0 Å². The molecule has 0 bridgehead atoms. The minimum atomic E-state index is -0.508. The molecule has 0 heterocycles. The van der Waals surface area contributed by atoms with E-state index in [1.54, 1.807) is 12.1 Å². The van der Waals surface area contributed by atoms with E-state index >= 15 is 0 Å². The Morgan fingerprint density at radius 1 is 1.03 bits per heavy atom. The van der Waals surface area contributed by atoms with Gasteiger partial charge in [-0.05, 0) is 40.5 Å². The van der Waals surface area contributed by atoms with Gasteiger partial charge >= 0.3 is 6.09 Å². The van der Waals surface area contributed by atoms with Crippen LogP contribution in [0, 0.1) is 11.8 Å². The van der Waals surface area contributed by atoms with Gasteiger partial charge in [0.15, 0.2) is 0 Å². The van der Waals surface area contributed by atoms with Crippen molar-refractivity contribution < 1.29 is 14.6 Å². The summed E-state index contributed by atoms with van der Waals surface area (Å²) in [5, 5.41) is 12.0. The van der Waals surface area contributed by atoms with Gasteiger partial charge in [0.2, 0.25) is 0 Å². The summed E-state index contributed by atoms with van der Waals surface area (Å²) in [5.41, 5.74) is 11.3. The first kappa shape index (κ1) is 18.5. The van der Waals surface area contributed by atoms with Crippen molar-refractivity contribution in [1.82, 2.24) is 5.32 Å². The molecule has 0 aliphatic heterocycles. The minimum absolute atomic E-state index is 0.0207. The number of aromatic hydroxyl groups is 1. The zero-order chi connectivity index (χ0) is 20.2. The number of fused-ring (bicyclic) bond motifs is 3. The van der Waals surface area contributed by atoms with Crippen LogP contribution in [0.15, 0.2) is 66.7 Å². The van der Waals surface area contributed by atoms with Crippen molar-refractivity contribution in [3.8, 4) is 28.7 Å². The molecule has 144 valence electrons. The number of carbonyl (C=O) groups excluding carboxylic acids is 1. The van der Waals surface area contributed by atoms with Crippen molar-refractivity contribution in [1.29, 1.82) is 0 Å². The van der Waals surface area contributed by atoms with Crippen LogP contribution in [0.4, 0.5) is 10.5 Å². The maximum Gasteiger partial charge on any atom is 0.407 e. The average molecular weight is 384 g/mol. The molecule has 0 radical (unpaired) electrons. The van der Waals surface area contributed by atoms with Crippen LogP contribution >= 0.6 is 0 Å². The Hall–Kier alpha value is -3.91. The van der Waals surface area contributed by atoms with Crippen molar-refractivity contribution in [3.63, 3.8) is 0 Å². The Morgan fingerprint density at radius 2 is 1.69 bits per heavy atom. The Labute approximate surface area is 169 Å². The highest BCUT2D eigenvalue weighted by Crippen LogP contribution is 2.44. The van der Waals surface area contributed by atoms with E-state index in [9.17, 15) is 9.90 Å². The van der Waals surface area contributed by atoms with E-state index in [4.69, 9.17) is 10.5 Å². The summed E-state index contributed by atoms with van der Waals surface area (Å²) in [6.07, 6.45) is -0.508. The average Bonchev–Trinajstić information content (AvgIpc) is 3.06. The lowest BCUT2D eigenvalue weighted by atomic mass is 9.98. The number of ether oxygens (including phenoxy) is 1. The Balaban J connectivity index is 1.35. The SMILES string of the molecule is Nc1cc(C#CCNC(=O)OCC2c3ccccc3-c3ccccc32)ccc1O. The fourth-order valence-electron chi connectivity index (χ4n) is 3.54. The summed E-state index contributed by atoms with van der Waals surface area (Å²) in [4.78, 5) is 12.1. The summed E-state index contributed by atoms with van der Waals surface area (Å²) < 4.78 is 5.46. The maximum absolute atomic E-state index is 12.1. The summed E-state index contributed by atoms with van der Waals surface area (Å²) >= 11 is 0. The standard InChI is InChI=1S/C24H20N2O3/c25-22-14-16(11-12-23(22)27)6-5-13-26-24(28)29-15-21-19-9-3-1-7-17(19)18-8-2-4-10-20(18)21/h1-4,7-12,14,21,27H,13,15,25H2,(H,26,28). The normalized spacial score (nSPS) is 11.7. The molecule has 0 saturated heterocycles. The second-order valence-electron chi connectivity index (χ2n) is 6.75. The van der Waals surface area contributed by atoms with E-state index in [1.807, 2.05) is 24.3 Å². The maximum atomic E-state index is 12.1. The molecule has 1 amide bonds. The molecule has 0 atom stereocenters. The molecule has 1 aliphatic rings. The molecule has 3 aromatic rings.